The van der Waals surface area contributed by atoms with E-state index in [1.54, 1.807) is 11.1 Å². The van der Waals surface area contributed by atoms with Crippen LogP contribution in [0, 0.1) is 5.92 Å². The fraction of sp³-hybridized carbons (Fsp3) is 0.350. The number of rotatable bonds is 4. The number of hydrogen-bond donors (Lipinski definition) is 1. The lowest BCUT2D eigenvalue weighted by Gasteiger charge is -2.28. The van der Waals surface area contributed by atoms with Gasteiger partial charge in [-0.05, 0) is 43.6 Å². The zero-order chi connectivity index (χ0) is 18.1. The quantitative estimate of drug-likeness (QED) is 0.786. The average molecular weight is 349 g/mol. The number of benzene rings is 1. The highest BCUT2D eigenvalue weighted by Crippen LogP contribution is 2.36. The largest absolute Gasteiger partial charge is 0.340 e. The number of pyridine rings is 1. The maximum atomic E-state index is 12.9. The van der Waals surface area contributed by atoms with Crippen molar-refractivity contribution in [2.24, 2.45) is 5.92 Å². The standard InChI is InChI=1S/C20H23N5O/c1-24-11-9-15(19(24)14-6-5-10-21-12-14)13-25(2)20(26)18-16-7-3-4-8-17(16)22-23-18/h3-8,10,12,15,19H,9,11,13H2,1-2H3,(H,22,23)/t15-,19-/m0/s1. The Labute approximate surface area is 152 Å². The van der Waals surface area contributed by atoms with Gasteiger partial charge in [0.25, 0.3) is 5.91 Å². The number of nitrogens with one attached hydrogen (secondary N) is 1. The average Bonchev–Trinajstić information content (AvgIpc) is 3.25. The van der Waals surface area contributed by atoms with E-state index in [9.17, 15) is 4.79 Å². The monoisotopic (exact) mass is 349 g/mol. The smallest absolute Gasteiger partial charge is 0.274 e. The minimum Gasteiger partial charge on any atom is -0.340 e. The lowest BCUT2D eigenvalue weighted by atomic mass is 9.94. The van der Waals surface area contributed by atoms with Crippen LogP contribution in [0.3, 0.4) is 0 Å². The molecule has 1 N–H and O–H groups in total. The van der Waals surface area contributed by atoms with Crippen LogP contribution in [0.5, 0.6) is 0 Å². The molecule has 4 rings (SSSR count). The zero-order valence-corrected chi connectivity index (χ0v) is 15.1. The second-order valence-electron chi connectivity index (χ2n) is 7.06. The Kier molecular flexibility index (Phi) is 4.42. The lowest BCUT2D eigenvalue weighted by molar-refractivity contribution is 0.0757. The number of nitrogens with zero attached hydrogens (tertiary/aromatic N) is 4. The maximum absolute atomic E-state index is 12.9. The Morgan fingerprint density at radius 2 is 2.15 bits per heavy atom. The third kappa shape index (κ3) is 2.97. The number of para-hydroxylation sites is 1. The van der Waals surface area contributed by atoms with Crippen molar-refractivity contribution >= 4 is 16.8 Å². The van der Waals surface area contributed by atoms with Crippen LogP contribution in [0.2, 0.25) is 0 Å². The van der Waals surface area contributed by atoms with Crippen molar-refractivity contribution in [2.45, 2.75) is 12.5 Å². The van der Waals surface area contributed by atoms with Crippen LogP contribution in [0.15, 0.2) is 48.8 Å². The molecular formula is C20H23N5O. The van der Waals surface area contributed by atoms with Crippen LogP contribution in [-0.4, -0.2) is 58.1 Å². The number of fused-ring (bicyclic) bond motifs is 1. The van der Waals surface area contributed by atoms with Crippen LogP contribution < -0.4 is 0 Å². The number of hydrogen-bond acceptors (Lipinski definition) is 4. The molecule has 0 bridgehead atoms. The number of H-pyrrole nitrogens is 1. The minimum atomic E-state index is -0.0399. The van der Waals surface area contributed by atoms with Crippen molar-refractivity contribution in [2.75, 3.05) is 27.2 Å². The summed E-state index contributed by atoms with van der Waals surface area (Å²) >= 11 is 0. The Balaban J connectivity index is 1.53. The summed E-state index contributed by atoms with van der Waals surface area (Å²) in [7, 11) is 4.01. The molecule has 1 fully saturated rings. The summed E-state index contributed by atoms with van der Waals surface area (Å²) in [5.41, 5.74) is 2.59. The van der Waals surface area contributed by atoms with Crippen molar-refractivity contribution in [3.8, 4) is 0 Å². The number of aromatic nitrogens is 3. The Bertz CT molecular complexity index is 907. The van der Waals surface area contributed by atoms with Crippen molar-refractivity contribution in [1.29, 1.82) is 0 Å². The van der Waals surface area contributed by atoms with Gasteiger partial charge in [-0.3, -0.25) is 19.8 Å². The molecule has 1 amide bonds. The third-order valence-corrected chi connectivity index (χ3v) is 5.33. The predicted molar refractivity (Wildman–Crippen MR) is 101 cm³/mol. The minimum absolute atomic E-state index is 0.0399. The van der Waals surface area contributed by atoms with Gasteiger partial charge in [-0.2, -0.15) is 5.10 Å². The number of amides is 1. The van der Waals surface area contributed by atoms with Gasteiger partial charge in [0.05, 0.1) is 5.52 Å². The highest BCUT2D eigenvalue weighted by atomic mass is 16.2. The summed E-state index contributed by atoms with van der Waals surface area (Å²) in [6, 6.07) is 12.1. The summed E-state index contributed by atoms with van der Waals surface area (Å²) in [4.78, 5) is 21.4. The van der Waals surface area contributed by atoms with Gasteiger partial charge < -0.3 is 4.90 Å². The zero-order valence-electron chi connectivity index (χ0n) is 15.1. The van der Waals surface area contributed by atoms with Gasteiger partial charge in [0.2, 0.25) is 0 Å². The first kappa shape index (κ1) is 16.7. The Hall–Kier alpha value is -2.73. The second-order valence-corrected chi connectivity index (χ2v) is 7.06. The molecule has 3 aromatic rings. The van der Waals surface area contributed by atoms with E-state index in [0.29, 0.717) is 18.2 Å². The Morgan fingerprint density at radius 3 is 2.96 bits per heavy atom. The second kappa shape index (κ2) is 6.88. The van der Waals surface area contributed by atoms with Gasteiger partial charge in [-0.15, -0.1) is 0 Å². The number of carbonyl (C=O) groups is 1. The molecule has 0 radical (unpaired) electrons. The van der Waals surface area contributed by atoms with Gasteiger partial charge in [0, 0.05) is 37.4 Å². The van der Waals surface area contributed by atoms with E-state index in [1.165, 1.54) is 5.56 Å². The van der Waals surface area contributed by atoms with E-state index >= 15 is 0 Å². The van der Waals surface area contributed by atoms with E-state index in [4.69, 9.17) is 0 Å². The summed E-state index contributed by atoms with van der Waals surface area (Å²) in [6.07, 6.45) is 4.79. The van der Waals surface area contributed by atoms with Crippen molar-refractivity contribution in [3.05, 3.63) is 60.0 Å². The van der Waals surface area contributed by atoms with Crippen LogP contribution in [-0.2, 0) is 0 Å². The van der Waals surface area contributed by atoms with Gasteiger partial charge >= 0.3 is 0 Å². The number of likely N-dealkylation sites (tertiary alicyclic amines) is 1. The van der Waals surface area contributed by atoms with Gasteiger partial charge in [-0.1, -0.05) is 24.3 Å². The maximum Gasteiger partial charge on any atom is 0.274 e. The molecular weight excluding hydrogens is 326 g/mol. The summed E-state index contributed by atoms with van der Waals surface area (Å²) in [5.74, 6) is 0.338. The van der Waals surface area contributed by atoms with Crippen molar-refractivity contribution < 1.29 is 4.79 Å². The lowest BCUT2D eigenvalue weighted by Crippen LogP contribution is -2.34. The fourth-order valence-electron chi connectivity index (χ4n) is 4.04. The first-order valence-corrected chi connectivity index (χ1v) is 8.94. The normalized spacial score (nSPS) is 20.5. The molecule has 2 atom stereocenters. The van der Waals surface area contributed by atoms with E-state index < -0.39 is 0 Å². The molecule has 0 spiro atoms. The molecule has 134 valence electrons. The topological polar surface area (TPSA) is 65.1 Å². The van der Waals surface area contributed by atoms with E-state index in [-0.39, 0.29) is 11.9 Å². The molecule has 1 aliphatic heterocycles. The van der Waals surface area contributed by atoms with Gasteiger partial charge in [0.15, 0.2) is 5.69 Å². The molecule has 6 nitrogen and oxygen atoms in total. The fourth-order valence-corrected chi connectivity index (χ4v) is 4.04. The molecule has 2 aromatic heterocycles. The van der Waals surface area contributed by atoms with Gasteiger partial charge in [0.1, 0.15) is 0 Å². The van der Waals surface area contributed by atoms with Crippen molar-refractivity contribution in [3.63, 3.8) is 0 Å². The third-order valence-electron chi connectivity index (χ3n) is 5.33. The van der Waals surface area contributed by atoms with Crippen LogP contribution in [0.4, 0.5) is 0 Å². The number of aromatic amines is 1. The van der Waals surface area contributed by atoms with Crippen LogP contribution in [0.1, 0.15) is 28.5 Å². The molecule has 1 saturated heterocycles. The molecule has 1 aliphatic rings. The highest BCUT2D eigenvalue weighted by molar-refractivity contribution is 6.04. The first-order valence-electron chi connectivity index (χ1n) is 8.94. The predicted octanol–water partition coefficient (Wildman–Crippen LogP) is 2.72. The van der Waals surface area contributed by atoms with E-state index in [0.717, 1.165) is 23.9 Å². The summed E-state index contributed by atoms with van der Waals surface area (Å²) in [6.45, 7) is 1.72. The van der Waals surface area contributed by atoms with Crippen molar-refractivity contribution in [1.82, 2.24) is 25.0 Å². The Morgan fingerprint density at radius 1 is 1.31 bits per heavy atom. The number of carbonyl (C=O) groups excluding carboxylic acids is 1. The SMILES string of the molecule is CN(C[C@@H]1CCN(C)[C@H]1c1cccnc1)C(=O)c1n[nH]c2ccccc12. The van der Waals surface area contributed by atoms with Crippen LogP contribution >= 0.6 is 0 Å². The first-order chi connectivity index (χ1) is 12.6. The molecule has 0 unspecified atom stereocenters. The van der Waals surface area contributed by atoms with E-state index in [2.05, 4.69) is 33.2 Å². The summed E-state index contributed by atoms with van der Waals surface area (Å²) in [5, 5.41) is 8.06. The molecule has 0 aliphatic carbocycles. The molecule has 1 aromatic carbocycles. The molecule has 3 heterocycles. The molecule has 0 saturated carbocycles. The molecule has 26 heavy (non-hydrogen) atoms. The van der Waals surface area contributed by atoms with Gasteiger partial charge in [-0.25, -0.2) is 0 Å². The summed E-state index contributed by atoms with van der Waals surface area (Å²) < 4.78 is 0. The van der Waals surface area contributed by atoms with E-state index in [1.807, 2.05) is 43.6 Å². The van der Waals surface area contributed by atoms with Crippen LogP contribution in [0.25, 0.3) is 10.9 Å². The highest BCUT2D eigenvalue weighted by Gasteiger charge is 2.35. The molecule has 6 heteroatoms.